The zero-order valence-corrected chi connectivity index (χ0v) is 17.9. The van der Waals surface area contributed by atoms with Gasteiger partial charge in [-0.3, -0.25) is 29.0 Å². The van der Waals surface area contributed by atoms with Crippen molar-refractivity contribution >= 4 is 35.6 Å². The Kier molecular flexibility index (Phi) is 8.79. The molecule has 0 unspecified atom stereocenters. The van der Waals surface area contributed by atoms with Crippen LogP contribution in [0.3, 0.4) is 0 Å². The number of rotatable bonds is 9. The first-order chi connectivity index (χ1) is 15.1. The van der Waals surface area contributed by atoms with Gasteiger partial charge in [-0.15, -0.1) is 0 Å². The number of nitrogens with two attached hydrogens (primary N) is 3. The standard InChI is InChI=1S/C19H31N7O6/c20-14(27)10-25-5-6-26(13(18(25)32)7-16(29)30)15(28)9-23-17(31)12-3-1-11(2-4-12)8-24-19(21)22/h11-13H,1-10H2,(H2,20,27)(H,23,31)(H,29,30)(H4,21,22,24)/t11?,12?,13-/m0/s1. The van der Waals surface area contributed by atoms with E-state index < -0.39 is 36.2 Å². The first-order valence-electron chi connectivity index (χ1n) is 10.5. The molecule has 2 fully saturated rings. The highest BCUT2D eigenvalue weighted by Gasteiger charge is 2.39. The molecule has 0 bridgehead atoms. The van der Waals surface area contributed by atoms with Crippen molar-refractivity contribution in [2.24, 2.45) is 34.0 Å². The number of carboxylic acids is 1. The number of carbonyl (C=O) groups is 5. The maximum Gasteiger partial charge on any atom is 0.305 e. The minimum atomic E-state index is -1.26. The van der Waals surface area contributed by atoms with Crippen LogP contribution in [0.25, 0.3) is 0 Å². The van der Waals surface area contributed by atoms with Gasteiger partial charge in [0.1, 0.15) is 6.04 Å². The Bertz CT molecular complexity index is 774. The average Bonchev–Trinajstić information content (AvgIpc) is 2.73. The van der Waals surface area contributed by atoms with Gasteiger partial charge in [0.25, 0.3) is 0 Å². The van der Waals surface area contributed by atoms with E-state index in [0.717, 1.165) is 22.6 Å². The number of primary amides is 1. The van der Waals surface area contributed by atoms with E-state index in [1.807, 2.05) is 0 Å². The van der Waals surface area contributed by atoms with Gasteiger partial charge in [0.2, 0.25) is 23.6 Å². The Morgan fingerprint density at radius 2 is 1.72 bits per heavy atom. The number of carbonyl (C=O) groups excluding carboxylic acids is 4. The molecule has 0 aromatic heterocycles. The normalized spacial score (nSPS) is 23.4. The van der Waals surface area contributed by atoms with Gasteiger partial charge in [-0.25, -0.2) is 0 Å². The van der Waals surface area contributed by atoms with E-state index in [-0.39, 0.29) is 44.0 Å². The fourth-order valence-corrected chi connectivity index (χ4v) is 4.10. The maximum absolute atomic E-state index is 12.7. The van der Waals surface area contributed by atoms with E-state index in [4.69, 9.17) is 22.3 Å². The van der Waals surface area contributed by atoms with Crippen molar-refractivity contribution in [3.05, 3.63) is 0 Å². The lowest BCUT2D eigenvalue weighted by atomic mass is 9.81. The zero-order chi connectivity index (χ0) is 23.8. The molecule has 0 radical (unpaired) electrons. The molecule has 2 rings (SSSR count). The summed E-state index contributed by atoms with van der Waals surface area (Å²) in [7, 11) is 0. The predicted octanol–water partition coefficient (Wildman–Crippen LogP) is -2.82. The summed E-state index contributed by atoms with van der Waals surface area (Å²) in [5.41, 5.74) is 15.8. The van der Waals surface area contributed by atoms with Crippen LogP contribution in [-0.4, -0.2) is 89.2 Å². The lowest BCUT2D eigenvalue weighted by Gasteiger charge is -2.39. The zero-order valence-electron chi connectivity index (χ0n) is 17.9. The highest BCUT2D eigenvalue weighted by Crippen LogP contribution is 2.29. The molecule has 13 heteroatoms. The highest BCUT2D eigenvalue weighted by molar-refractivity contribution is 5.95. The Balaban J connectivity index is 1.88. The second-order valence-electron chi connectivity index (χ2n) is 8.13. The summed E-state index contributed by atoms with van der Waals surface area (Å²) in [6, 6.07) is -1.25. The smallest absolute Gasteiger partial charge is 0.305 e. The maximum atomic E-state index is 12.7. The van der Waals surface area contributed by atoms with Crippen molar-refractivity contribution in [1.82, 2.24) is 15.1 Å². The monoisotopic (exact) mass is 453 g/mol. The Morgan fingerprint density at radius 3 is 2.28 bits per heavy atom. The van der Waals surface area contributed by atoms with Crippen LogP contribution in [-0.2, 0) is 24.0 Å². The first-order valence-corrected chi connectivity index (χ1v) is 10.5. The van der Waals surface area contributed by atoms with Crippen molar-refractivity contribution in [2.75, 3.05) is 32.7 Å². The molecule has 8 N–H and O–H groups in total. The van der Waals surface area contributed by atoms with Gasteiger partial charge in [0.15, 0.2) is 5.96 Å². The van der Waals surface area contributed by atoms with E-state index in [1.165, 1.54) is 0 Å². The molecule has 2 aliphatic rings. The van der Waals surface area contributed by atoms with Crippen molar-refractivity contribution < 1.29 is 29.1 Å². The quantitative estimate of drug-likeness (QED) is 0.181. The van der Waals surface area contributed by atoms with Crippen LogP contribution in [0.1, 0.15) is 32.1 Å². The van der Waals surface area contributed by atoms with Gasteiger partial charge >= 0.3 is 5.97 Å². The molecule has 0 spiro atoms. The number of guanidine groups is 1. The second-order valence-corrected chi connectivity index (χ2v) is 8.13. The fraction of sp³-hybridized carbons (Fsp3) is 0.684. The van der Waals surface area contributed by atoms with Gasteiger partial charge in [0.05, 0.1) is 19.5 Å². The minimum Gasteiger partial charge on any atom is -0.481 e. The summed E-state index contributed by atoms with van der Waals surface area (Å²) in [6.45, 7) is -0.0690. The summed E-state index contributed by atoms with van der Waals surface area (Å²) in [5, 5.41) is 11.7. The Labute approximate surface area is 185 Å². The molecule has 13 nitrogen and oxygen atoms in total. The number of aliphatic imine (C=N–C) groups is 1. The number of aliphatic carboxylic acids is 1. The van der Waals surface area contributed by atoms with Crippen LogP contribution in [0, 0.1) is 11.8 Å². The van der Waals surface area contributed by atoms with Crippen LogP contribution in [0.2, 0.25) is 0 Å². The molecule has 1 atom stereocenters. The first kappa shape index (κ1) is 24.9. The molecule has 1 aliphatic carbocycles. The van der Waals surface area contributed by atoms with Crippen molar-refractivity contribution in [1.29, 1.82) is 0 Å². The Hall–Kier alpha value is -3.38. The van der Waals surface area contributed by atoms with Gasteiger partial charge in [-0.2, -0.15) is 0 Å². The molecule has 1 aliphatic heterocycles. The van der Waals surface area contributed by atoms with Crippen molar-refractivity contribution in [3.8, 4) is 0 Å². The lowest BCUT2D eigenvalue weighted by Crippen LogP contribution is -2.61. The van der Waals surface area contributed by atoms with E-state index in [2.05, 4.69) is 10.3 Å². The number of carboxylic acid groups (broad SMARTS) is 1. The van der Waals surface area contributed by atoms with Crippen LogP contribution in [0.4, 0.5) is 0 Å². The summed E-state index contributed by atoms with van der Waals surface area (Å²) < 4.78 is 0. The van der Waals surface area contributed by atoms with Gasteiger partial charge < -0.3 is 37.4 Å². The van der Waals surface area contributed by atoms with E-state index in [0.29, 0.717) is 25.3 Å². The molecule has 1 saturated carbocycles. The van der Waals surface area contributed by atoms with Crippen LogP contribution in [0.15, 0.2) is 4.99 Å². The van der Waals surface area contributed by atoms with Crippen LogP contribution in [0.5, 0.6) is 0 Å². The molecule has 1 saturated heterocycles. The summed E-state index contributed by atoms with van der Waals surface area (Å²) in [6.07, 6.45) is 2.28. The van der Waals surface area contributed by atoms with Gasteiger partial charge in [0, 0.05) is 25.6 Å². The third-order valence-electron chi connectivity index (χ3n) is 5.78. The summed E-state index contributed by atoms with van der Waals surface area (Å²) in [5.74, 6) is -3.35. The molecule has 0 aromatic carbocycles. The highest BCUT2D eigenvalue weighted by atomic mass is 16.4. The lowest BCUT2D eigenvalue weighted by molar-refractivity contribution is -0.156. The molecule has 178 valence electrons. The summed E-state index contributed by atoms with van der Waals surface area (Å²) in [4.78, 5) is 66.4. The number of hydrogen-bond acceptors (Lipinski definition) is 6. The topological polar surface area (TPSA) is 215 Å². The number of piperazine rings is 1. The second kappa shape index (κ2) is 11.3. The minimum absolute atomic E-state index is 0.0403. The molecule has 1 heterocycles. The van der Waals surface area contributed by atoms with Crippen LogP contribution >= 0.6 is 0 Å². The third kappa shape index (κ3) is 7.10. The van der Waals surface area contributed by atoms with E-state index in [1.54, 1.807) is 0 Å². The van der Waals surface area contributed by atoms with E-state index in [9.17, 15) is 24.0 Å². The van der Waals surface area contributed by atoms with Crippen molar-refractivity contribution in [3.63, 3.8) is 0 Å². The Morgan fingerprint density at radius 1 is 1.06 bits per heavy atom. The number of nitrogens with one attached hydrogen (secondary N) is 1. The van der Waals surface area contributed by atoms with E-state index >= 15 is 0 Å². The number of hydrogen-bond donors (Lipinski definition) is 5. The average molecular weight is 454 g/mol. The van der Waals surface area contributed by atoms with Gasteiger partial charge in [-0.1, -0.05) is 0 Å². The molecular formula is C19H31N7O6. The van der Waals surface area contributed by atoms with Gasteiger partial charge in [-0.05, 0) is 31.6 Å². The fourth-order valence-electron chi connectivity index (χ4n) is 4.10. The van der Waals surface area contributed by atoms with Crippen molar-refractivity contribution in [2.45, 2.75) is 38.1 Å². The largest absolute Gasteiger partial charge is 0.481 e. The number of nitrogens with zero attached hydrogens (tertiary/aromatic N) is 3. The molecular weight excluding hydrogens is 422 g/mol. The SMILES string of the molecule is NC(=O)CN1CCN(C(=O)CNC(=O)C2CCC(CN=C(N)N)CC2)[C@@H](CC(=O)O)C1=O. The third-order valence-corrected chi connectivity index (χ3v) is 5.78. The summed E-state index contributed by atoms with van der Waals surface area (Å²) >= 11 is 0. The molecule has 0 aromatic rings. The molecule has 32 heavy (non-hydrogen) atoms. The van der Waals surface area contributed by atoms with Crippen LogP contribution < -0.4 is 22.5 Å². The predicted molar refractivity (Wildman–Crippen MR) is 113 cm³/mol. The number of amides is 4. The molecule has 4 amide bonds.